The van der Waals surface area contributed by atoms with Gasteiger partial charge in [0.05, 0.1) is 17.5 Å². The van der Waals surface area contributed by atoms with Gasteiger partial charge in [-0.15, -0.1) is 0 Å². The molecule has 0 amide bonds. The maximum absolute atomic E-state index is 13.3. The number of halogens is 1. The molecule has 0 atom stereocenters. The predicted octanol–water partition coefficient (Wildman–Crippen LogP) is 4.09. The molecule has 0 saturated heterocycles. The minimum Gasteiger partial charge on any atom is -0.459 e. The van der Waals surface area contributed by atoms with Gasteiger partial charge in [-0.1, -0.05) is 18.2 Å². The van der Waals surface area contributed by atoms with Crippen molar-refractivity contribution in [2.75, 3.05) is 5.32 Å². The highest BCUT2D eigenvalue weighted by Crippen LogP contribution is 2.22. The Morgan fingerprint density at radius 1 is 1.19 bits per heavy atom. The summed E-state index contributed by atoms with van der Waals surface area (Å²) in [5, 5.41) is 14.6. The van der Waals surface area contributed by atoms with Gasteiger partial charge in [-0.25, -0.2) is 4.39 Å². The van der Waals surface area contributed by atoms with Crippen LogP contribution in [-0.4, -0.2) is 4.92 Å². The molecule has 0 aliphatic heterocycles. The van der Waals surface area contributed by atoms with Crippen molar-refractivity contribution in [1.29, 1.82) is 0 Å². The van der Waals surface area contributed by atoms with Gasteiger partial charge >= 0.3 is 0 Å². The summed E-state index contributed by atoms with van der Waals surface area (Å²) in [7, 11) is 0. The molecule has 0 aliphatic carbocycles. The van der Waals surface area contributed by atoms with Gasteiger partial charge < -0.3 is 9.73 Å². The summed E-state index contributed by atoms with van der Waals surface area (Å²) in [4.78, 5) is 10.1. The Hall–Kier alpha value is -2.89. The molecular formula is C15H11FN2O3. The number of nitro benzene ring substituents is 1. The van der Waals surface area contributed by atoms with Crippen molar-refractivity contribution >= 4 is 22.3 Å². The molecule has 6 heteroatoms. The molecule has 2 aromatic carbocycles. The van der Waals surface area contributed by atoms with E-state index in [1.807, 2.05) is 30.3 Å². The smallest absolute Gasteiger partial charge is 0.274 e. The average molecular weight is 286 g/mol. The quantitative estimate of drug-likeness (QED) is 0.579. The lowest BCUT2D eigenvalue weighted by molar-refractivity contribution is -0.385. The fraction of sp³-hybridized carbons (Fsp3) is 0.0667. The molecule has 106 valence electrons. The van der Waals surface area contributed by atoms with Gasteiger partial charge in [0.2, 0.25) is 0 Å². The fourth-order valence-electron chi connectivity index (χ4n) is 2.09. The summed E-state index contributed by atoms with van der Waals surface area (Å²) in [5.41, 5.74) is 0.809. The van der Waals surface area contributed by atoms with E-state index in [1.165, 1.54) is 12.1 Å². The van der Waals surface area contributed by atoms with E-state index in [0.717, 1.165) is 17.0 Å². The first-order chi connectivity index (χ1) is 10.1. The first-order valence-electron chi connectivity index (χ1n) is 6.28. The summed E-state index contributed by atoms with van der Waals surface area (Å²) < 4.78 is 18.9. The molecule has 5 nitrogen and oxygen atoms in total. The second-order valence-electron chi connectivity index (χ2n) is 4.56. The SMILES string of the molecule is O=[N+]([O-])c1cc(F)cc(NCc2cc3ccccc3o2)c1. The fourth-order valence-corrected chi connectivity index (χ4v) is 2.09. The maximum Gasteiger partial charge on any atom is 0.274 e. The van der Waals surface area contributed by atoms with Gasteiger partial charge in [0.15, 0.2) is 0 Å². The minimum atomic E-state index is -0.656. The zero-order chi connectivity index (χ0) is 14.8. The number of hydrogen-bond donors (Lipinski definition) is 1. The largest absolute Gasteiger partial charge is 0.459 e. The number of hydrogen-bond acceptors (Lipinski definition) is 4. The highest BCUT2D eigenvalue weighted by molar-refractivity contribution is 5.77. The topological polar surface area (TPSA) is 68.3 Å². The Kier molecular flexibility index (Phi) is 3.27. The van der Waals surface area contributed by atoms with E-state index >= 15 is 0 Å². The van der Waals surface area contributed by atoms with Crippen LogP contribution in [0.15, 0.2) is 52.9 Å². The molecule has 0 bridgehead atoms. The highest BCUT2D eigenvalue weighted by atomic mass is 19.1. The minimum absolute atomic E-state index is 0.290. The van der Waals surface area contributed by atoms with Crippen LogP contribution in [0.5, 0.6) is 0 Å². The van der Waals surface area contributed by atoms with Crippen molar-refractivity contribution in [1.82, 2.24) is 0 Å². The first kappa shape index (κ1) is 13.1. The van der Waals surface area contributed by atoms with Gasteiger partial charge in [0.1, 0.15) is 17.2 Å². The highest BCUT2D eigenvalue weighted by Gasteiger charge is 2.10. The molecule has 0 spiro atoms. The third-order valence-corrected chi connectivity index (χ3v) is 3.04. The van der Waals surface area contributed by atoms with Crippen LogP contribution in [0.25, 0.3) is 11.0 Å². The Morgan fingerprint density at radius 2 is 2.00 bits per heavy atom. The summed E-state index contributed by atoms with van der Waals surface area (Å²) >= 11 is 0. The number of nitro groups is 1. The second kappa shape index (κ2) is 5.24. The Labute approximate surface area is 119 Å². The van der Waals surface area contributed by atoms with Crippen LogP contribution in [0, 0.1) is 15.9 Å². The molecule has 0 aliphatic rings. The molecular weight excluding hydrogens is 275 g/mol. The number of fused-ring (bicyclic) bond motifs is 1. The Bertz CT molecular complexity index is 781. The molecule has 0 fully saturated rings. The Balaban J connectivity index is 1.79. The molecule has 0 unspecified atom stereocenters. The summed E-state index contributed by atoms with van der Waals surface area (Å²) in [6, 6.07) is 12.8. The van der Waals surface area contributed by atoms with E-state index in [9.17, 15) is 14.5 Å². The van der Waals surface area contributed by atoms with Crippen LogP contribution in [0.4, 0.5) is 15.8 Å². The van der Waals surface area contributed by atoms with Crippen molar-refractivity contribution < 1.29 is 13.7 Å². The lowest BCUT2D eigenvalue weighted by Gasteiger charge is -2.04. The lowest BCUT2D eigenvalue weighted by Crippen LogP contribution is -1.99. The normalized spacial score (nSPS) is 10.7. The predicted molar refractivity (Wildman–Crippen MR) is 76.6 cm³/mol. The van der Waals surface area contributed by atoms with E-state index in [-0.39, 0.29) is 5.69 Å². The second-order valence-corrected chi connectivity index (χ2v) is 4.56. The first-order valence-corrected chi connectivity index (χ1v) is 6.28. The summed E-state index contributed by atoms with van der Waals surface area (Å²) in [5.74, 6) is 0.0134. The molecule has 21 heavy (non-hydrogen) atoms. The number of rotatable bonds is 4. The molecule has 0 saturated carbocycles. The van der Waals surface area contributed by atoms with Gasteiger partial charge in [0, 0.05) is 17.1 Å². The Morgan fingerprint density at radius 3 is 2.76 bits per heavy atom. The van der Waals surface area contributed by atoms with Crippen LogP contribution in [0.2, 0.25) is 0 Å². The van der Waals surface area contributed by atoms with Gasteiger partial charge in [-0.05, 0) is 18.2 Å². The number of furan rings is 1. The van der Waals surface area contributed by atoms with Crippen molar-refractivity contribution in [2.45, 2.75) is 6.54 Å². The number of nitrogens with zero attached hydrogens (tertiary/aromatic N) is 1. The van der Waals surface area contributed by atoms with Crippen LogP contribution >= 0.6 is 0 Å². The van der Waals surface area contributed by atoms with E-state index in [1.54, 1.807) is 0 Å². The van der Waals surface area contributed by atoms with Crippen LogP contribution in [0.3, 0.4) is 0 Å². The standard InChI is InChI=1S/C15H11FN2O3/c16-11-6-12(8-13(7-11)18(19)20)17-9-14-5-10-3-1-2-4-15(10)21-14/h1-8,17H,9H2. The van der Waals surface area contributed by atoms with E-state index in [0.29, 0.717) is 18.0 Å². The van der Waals surface area contributed by atoms with Gasteiger partial charge in [-0.3, -0.25) is 10.1 Å². The third-order valence-electron chi connectivity index (χ3n) is 3.04. The van der Waals surface area contributed by atoms with Crippen molar-refractivity contribution in [3.8, 4) is 0 Å². The van der Waals surface area contributed by atoms with Crippen LogP contribution in [0.1, 0.15) is 5.76 Å². The van der Waals surface area contributed by atoms with Crippen molar-refractivity contribution in [3.63, 3.8) is 0 Å². The monoisotopic (exact) mass is 286 g/mol. The number of para-hydroxylation sites is 1. The molecule has 1 N–H and O–H groups in total. The molecule has 3 aromatic rings. The number of non-ortho nitro benzene ring substituents is 1. The van der Waals surface area contributed by atoms with Crippen LogP contribution < -0.4 is 5.32 Å². The molecule has 0 radical (unpaired) electrons. The van der Waals surface area contributed by atoms with Crippen molar-refractivity contribution in [3.05, 3.63) is 70.2 Å². The number of nitrogens with one attached hydrogen (secondary N) is 1. The summed E-state index contributed by atoms with van der Waals surface area (Å²) in [6.07, 6.45) is 0. The van der Waals surface area contributed by atoms with Crippen molar-refractivity contribution in [2.24, 2.45) is 0 Å². The third kappa shape index (κ3) is 2.84. The number of anilines is 1. The summed E-state index contributed by atoms with van der Waals surface area (Å²) in [6.45, 7) is 0.315. The zero-order valence-electron chi connectivity index (χ0n) is 10.9. The number of benzene rings is 2. The van der Waals surface area contributed by atoms with E-state index < -0.39 is 10.7 Å². The molecule has 1 heterocycles. The van der Waals surface area contributed by atoms with Gasteiger partial charge in [-0.2, -0.15) is 0 Å². The van der Waals surface area contributed by atoms with Gasteiger partial charge in [0.25, 0.3) is 5.69 Å². The average Bonchev–Trinajstić information content (AvgIpc) is 2.87. The van der Waals surface area contributed by atoms with Crippen LogP contribution in [-0.2, 0) is 6.54 Å². The van der Waals surface area contributed by atoms with E-state index in [2.05, 4.69) is 5.32 Å². The lowest BCUT2D eigenvalue weighted by atomic mass is 10.2. The molecule has 1 aromatic heterocycles. The zero-order valence-corrected chi connectivity index (χ0v) is 10.9. The van der Waals surface area contributed by atoms with E-state index in [4.69, 9.17) is 4.42 Å². The molecule has 3 rings (SSSR count). The maximum atomic E-state index is 13.3.